The van der Waals surface area contributed by atoms with E-state index in [1.165, 1.54) is 29.5 Å². The van der Waals surface area contributed by atoms with Crippen molar-refractivity contribution < 1.29 is 32.0 Å². The highest BCUT2D eigenvalue weighted by molar-refractivity contribution is 7.22. The van der Waals surface area contributed by atoms with E-state index in [4.69, 9.17) is 4.52 Å². The Labute approximate surface area is 237 Å². The number of halogens is 4. The SMILES string of the molecule is O=C(O)c1cc(F)c2nc(N3CCC4(CC3)CC(Cc3c(-c5ccccc5C(F)(F)F)noc3C3CC3)C4)sc2c1. The maximum Gasteiger partial charge on any atom is 0.417 e. The number of hydrogen-bond acceptors (Lipinski definition) is 6. The first-order valence-electron chi connectivity index (χ1n) is 13.8. The molecule has 0 atom stereocenters. The molecular weight excluding hydrogens is 558 g/mol. The molecule has 2 aromatic heterocycles. The van der Waals surface area contributed by atoms with Crippen molar-refractivity contribution in [2.75, 3.05) is 18.0 Å². The average molecular weight is 586 g/mol. The fourth-order valence-electron chi connectivity index (χ4n) is 6.75. The summed E-state index contributed by atoms with van der Waals surface area (Å²) in [5.41, 5.74) is 0.830. The van der Waals surface area contributed by atoms with Crippen molar-refractivity contribution in [1.29, 1.82) is 0 Å². The molecule has 1 aliphatic heterocycles. The van der Waals surface area contributed by atoms with Crippen molar-refractivity contribution >= 4 is 32.7 Å². The number of carboxylic acids is 1. The zero-order valence-electron chi connectivity index (χ0n) is 22.0. The largest absolute Gasteiger partial charge is 0.478 e. The molecule has 214 valence electrons. The summed E-state index contributed by atoms with van der Waals surface area (Å²) < 4.78 is 62.1. The third-order valence-corrected chi connectivity index (χ3v) is 10.0. The molecule has 1 N–H and O–H groups in total. The van der Waals surface area contributed by atoms with Gasteiger partial charge >= 0.3 is 12.1 Å². The van der Waals surface area contributed by atoms with Crippen LogP contribution in [-0.2, 0) is 12.6 Å². The lowest BCUT2D eigenvalue weighted by molar-refractivity contribution is -0.137. The Kier molecular flexibility index (Phi) is 6.15. The third-order valence-electron chi connectivity index (χ3n) is 8.97. The summed E-state index contributed by atoms with van der Waals surface area (Å²) in [7, 11) is 0. The second kappa shape index (κ2) is 9.54. The number of aromatic nitrogens is 2. The highest BCUT2D eigenvalue weighted by Crippen LogP contribution is 2.55. The Hall–Kier alpha value is -3.47. The summed E-state index contributed by atoms with van der Waals surface area (Å²) in [4.78, 5) is 17.9. The van der Waals surface area contributed by atoms with E-state index >= 15 is 0 Å². The van der Waals surface area contributed by atoms with E-state index in [0.29, 0.717) is 27.9 Å². The number of rotatable bonds is 6. The van der Waals surface area contributed by atoms with Gasteiger partial charge in [0.05, 0.1) is 15.8 Å². The van der Waals surface area contributed by atoms with Gasteiger partial charge in [-0.05, 0) is 74.5 Å². The number of aromatic carboxylic acids is 1. The van der Waals surface area contributed by atoms with E-state index in [9.17, 15) is 27.5 Å². The molecule has 7 rings (SSSR count). The summed E-state index contributed by atoms with van der Waals surface area (Å²) in [6.45, 7) is 1.54. The number of piperidine rings is 1. The minimum Gasteiger partial charge on any atom is -0.478 e. The molecule has 2 aromatic carbocycles. The maximum absolute atomic E-state index is 14.5. The first-order valence-corrected chi connectivity index (χ1v) is 14.7. The van der Waals surface area contributed by atoms with E-state index in [2.05, 4.69) is 15.0 Å². The monoisotopic (exact) mass is 585 g/mol. The molecule has 0 radical (unpaired) electrons. The van der Waals surface area contributed by atoms with Crippen molar-refractivity contribution in [3.8, 4) is 11.3 Å². The lowest BCUT2D eigenvalue weighted by Crippen LogP contribution is -2.47. The summed E-state index contributed by atoms with van der Waals surface area (Å²) in [6, 6.07) is 8.05. The molecule has 11 heteroatoms. The predicted octanol–water partition coefficient (Wildman–Crippen LogP) is 7.92. The normalized spacial score (nSPS) is 19.2. The van der Waals surface area contributed by atoms with Crippen LogP contribution in [0.2, 0.25) is 0 Å². The highest BCUT2D eigenvalue weighted by atomic mass is 32.1. The Balaban J connectivity index is 1.05. The number of nitrogens with zero attached hydrogens (tertiary/aromatic N) is 3. The van der Waals surface area contributed by atoms with Gasteiger partial charge in [-0.1, -0.05) is 34.7 Å². The van der Waals surface area contributed by atoms with Gasteiger partial charge in [0.1, 0.15) is 17.0 Å². The quantitative estimate of drug-likeness (QED) is 0.232. The van der Waals surface area contributed by atoms with Crippen molar-refractivity contribution in [2.24, 2.45) is 11.3 Å². The fourth-order valence-corrected chi connectivity index (χ4v) is 7.82. The molecule has 0 unspecified atom stereocenters. The first-order chi connectivity index (χ1) is 19.6. The number of thiazole rings is 1. The number of carboxylic acid groups (broad SMARTS) is 1. The lowest BCUT2D eigenvalue weighted by Gasteiger charge is -2.52. The van der Waals surface area contributed by atoms with Crippen LogP contribution in [0.25, 0.3) is 21.5 Å². The van der Waals surface area contributed by atoms with Crippen molar-refractivity contribution in [2.45, 2.75) is 57.0 Å². The van der Waals surface area contributed by atoms with Crippen LogP contribution in [0.5, 0.6) is 0 Å². The van der Waals surface area contributed by atoms with Gasteiger partial charge in [0.15, 0.2) is 10.9 Å². The highest BCUT2D eigenvalue weighted by Gasteiger charge is 2.47. The first kappa shape index (κ1) is 26.4. The van der Waals surface area contributed by atoms with Gasteiger partial charge in [-0.2, -0.15) is 13.2 Å². The van der Waals surface area contributed by atoms with Crippen LogP contribution in [-0.4, -0.2) is 34.3 Å². The van der Waals surface area contributed by atoms with E-state index in [1.807, 2.05) is 0 Å². The number of hydrogen-bond donors (Lipinski definition) is 1. The van der Waals surface area contributed by atoms with E-state index < -0.39 is 23.5 Å². The van der Waals surface area contributed by atoms with Gasteiger partial charge < -0.3 is 14.5 Å². The summed E-state index contributed by atoms with van der Waals surface area (Å²) in [5, 5.41) is 14.1. The molecule has 4 aromatic rings. The van der Waals surface area contributed by atoms with Crippen molar-refractivity contribution in [1.82, 2.24) is 10.1 Å². The predicted molar refractivity (Wildman–Crippen MR) is 146 cm³/mol. The van der Waals surface area contributed by atoms with Crippen LogP contribution in [0, 0.1) is 17.2 Å². The Morgan fingerprint density at radius 3 is 2.56 bits per heavy atom. The third kappa shape index (κ3) is 4.77. The topological polar surface area (TPSA) is 79.5 Å². The van der Waals surface area contributed by atoms with Crippen molar-refractivity contribution in [3.63, 3.8) is 0 Å². The molecule has 1 saturated heterocycles. The summed E-state index contributed by atoms with van der Waals surface area (Å²) in [5.74, 6) is -0.462. The molecule has 3 fully saturated rings. The second-order valence-corrected chi connectivity index (χ2v) is 12.8. The molecule has 41 heavy (non-hydrogen) atoms. The lowest BCUT2D eigenvalue weighted by atomic mass is 9.56. The number of carbonyl (C=O) groups is 1. The molecule has 0 bridgehead atoms. The minimum atomic E-state index is -4.48. The van der Waals surface area contributed by atoms with Gasteiger partial charge in [-0.15, -0.1) is 0 Å². The van der Waals surface area contributed by atoms with Crippen molar-refractivity contribution in [3.05, 3.63) is 64.7 Å². The van der Waals surface area contributed by atoms with Crippen LogP contribution in [0.1, 0.15) is 71.7 Å². The van der Waals surface area contributed by atoms with Crippen LogP contribution in [0.4, 0.5) is 22.7 Å². The zero-order chi connectivity index (χ0) is 28.5. The zero-order valence-corrected chi connectivity index (χ0v) is 22.8. The number of alkyl halides is 3. The fraction of sp³-hybridized carbons (Fsp3) is 0.433. The van der Waals surface area contributed by atoms with Gasteiger partial charge in [-0.25, -0.2) is 14.2 Å². The molecule has 2 aliphatic carbocycles. The minimum absolute atomic E-state index is 0.0794. The summed E-state index contributed by atoms with van der Waals surface area (Å²) in [6.07, 6.45) is 2.01. The molecule has 2 saturated carbocycles. The van der Waals surface area contributed by atoms with Gasteiger partial charge in [0, 0.05) is 30.1 Å². The molecule has 3 aliphatic rings. The van der Waals surface area contributed by atoms with Gasteiger partial charge in [0.25, 0.3) is 0 Å². The second-order valence-electron chi connectivity index (χ2n) is 11.8. The standard InChI is InChI=1S/C30H27F4N3O3S/c31-22-12-18(27(38)39)13-23-25(22)35-28(41-23)37-9-7-29(8-10-37)14-16(15-29)11-20-24(36-40-26(20)17-5-6-17)19-3-1-2-4-21(19)30(32,33)34/h1-4,12-13,16-17H,5-11,14-15H2,(H,38,39). The number of benzene rings is 2. The molecular formula is C30H27F4N3O3S. The van der Waals surface area contributed by atoms with Crippen LogP contribution in [0.15, 0.2) is 40.9 Å². The Bertz CT molecular complexity index is 1640. The van der Waals surface area contributed by atoms with Gasteiger partial charge in [0.2, 0.25) is 0 Å². The number of anilines is 1. The van der Waals surface area contributed by atoms with Crippen LogP contribution in [0.3, 0.4) is 0 Å². The molecule has 3 heterocycles. The van der Waals surface area contributed by atoms with Gasteiger partial charge in [-0.3, -0.25) is 0 Å². The van der Waals surface area contributed by atoms with E-state index in [-0.39, 0.29) is 28.0 Å². The number of fused-ring (bicyclic) bond motifs is 1. The Morgan fingerprint density at radius 2 is 1.88 bits per heavy atom. The molecule has 6 nitrogen and oxygen atoms in total. The maximum atomic E-state index is 14.5. The van der Waals surface area contributed by atoms with E-state index in [1.54, 1.807) is 6.07 Å². The Morgan fingerprint density at radius 1 is 1.15 bits per heavy atom. The van der Waals surface area contributed by atoms with Crippen LogP contribution >= 0.6 is 11.3 Å². The molecule has 1 spiro atoms. The molecule has 0 amide bonds. The summed E-state index contributed by atoms with van der Waals surface area (Å²) >= 11 is 1.31. The van der Waals surface area contributed by atoms with E-state index in [0.717, 1.165) is 75.1 Å². The smallest absolute Gasteiger partial charge is 0.417 e. The average Bonchev–Trinajstić information content (AvgIpc) is 3.53. The van der Waals surface area contributed by atoms with Crippen LogP contribution < -0.4 is 4.90 Å².